The molecule has 0 fully saturated rings. The van der Waals surface area contributed by atoms with E-state index in [-0.39, 0.29) is 11.9 Å². The minimum Gasteiger partial charge on any atom is -0.316 e. The monoisotopic (exact) mass is 399 g/mol. The second-order valence-electron chi connectivity index (χ2n) is 4.76. The third-order valence-corrected chi connectivity index (χ3v) is 4.31. The normalized spacial score (nSPS) is 12.4. The Balaban J connectivity index is 2.07. The standard InChI is InChI=1S/C16H16Br2FN/c1-20-15(8-11-2-5-13(17)6-3-11)9-12-4-7-14(18)10-16(12)19/h2-7,10,15,20H,8-9H2,1H3. The van der Waals surface area contributed by atoms with Crippen LogP contribution in [0.1, 0.15) is 11.1 Å². The van der Waals surface area contributed by atoms with Crippen LogP contribution in [0.5, 0.6) is 0 Å². The Hall–Kier alpha value is -0.710. The number of benzene rings is 2. The second-order valence-corrected chi connectivity index (χ2v) is 6.59. The zero-order valence-electron chi connectivity index (χ0n) is 11.2. The second kappa shape index (κ2) is 7.34. The molecule has 0 saturated carbocycles. The van der Waals surface area contributed by atoms with E-state index in [2.05, 4.69) is 49.3 Å². The molecule has 0 radical (unpaired) electrons. The molecule has 0 bridgehead atoms. The number of halogens is 3. The van der Waals surface area contributed by atoms with Crippen molar-refractivity contribution >= 4 is 31.9 Å². The first-order chi connectivity index (χ1) is 9.58. The van der Waals surface area contributed by atoms with Gasteiger partial charge in [0.1, 0.15) is 5.82 Å². The Morgan fingerprint density at radius 1 is 1.00 bits per heavy atom. The van der Waals surface area contributed by atoms with Crippen molar-refractivity contribution in [1.82, 2.24) is 5.32 Å². The van der Waals surface area contributed by atoms with Crippen molar-refractivity contribution in [3.8, 4) is 0 Å². The van der Waals surface area contributed by atoms with Crippen LogP contribution in [-0.4, -0.2) is 13.1 Å². The highest BCUT2D eigenvalue weighted by molar-refractivity contribution is 9.10. The maximum Gasteiger partial charge on any atom is 0.127 e. The smallest absolute Gasteiger partial charge is 0.127 e. The summed E-state index contributed by atoms with van der Waals surface area (Å²) in [6.45, 7) is 0. The molecule has 1 nitrogen and oxygen atoms in total. The van der Waals surface area contributed by atoms with Crippen LogP contribution in [0.3, 0.4) is 0 Å². The Morgan fingerprint density at radius 3 is 2.25 bits per heavy atom. The Kier molecular flexibility index (Phi) is 5.75. The van der Waals surface area contributed by atoms with E-state index in [9.17, 15) is 4.39 Å². The molecule has 2 aromatic rings. The molecule has 2 aromatic carbocycles. The summed E-state index contributed by atoms with van der Waals surface area (Å²) in [5.74, 6) is -0.157. The lowest BCUT2D eigenvalue weighted by molar-refractivity contribution is 0.532. The third kappa shape index (κ3) is 4.40. The van der Waals surface area contributed by atoms with Crippen LogP contribution in [0.25, 0.3) is 0 Å². The predicted octanol–water partition coefficient (Wildman–Crippen LogP) is 4.72. The number of hydrogen-bond acceptors (Lipinski definition) is 1. The van der Waals surface area contributed by atoms with Crippen molar-refractivity contribution in [3.05, 3.63) is 68.4 Å². The summed E-state index contributed by atoms with van der Waals surface area (Å²) in [4.78, 5) is 0. The Bertz CT molecular complexity index is 569. The molecule has 1 unspecified atom stereocenters. The zero-order valence-corrected chi connectivity index (χ0v) is 14.3. The van der Waals surface area contributed by atoms with Gasteiger partial charge < -0.3 is 5.32 Å². The Morgan fingerprint density at radius 2 is 1.65 bits per heavy atom. The van der Waals surface area contributed by atoms with E-state index in [0.717, 1.165) is 20.9 Å². The van der Waals surface area contributed by atoms with Gasteiger partial charge in [-0.3, -0.25) is 0 Å². The lowest BCUT2D eigenvalue weighted by Gasteiger charge is -2.17. The molecule has 1 atom stereocenters. The molecule has 0 amide bonds. The third-order valence-electron chi connectivity index (χ3n) is 3.29. The fourth-order valence-corrected chi connectivity index (χ4v) is 2.73. The SMILES string of the molecule is CNC(Cc1ccc(Br)cc1)Cc1ccc(Br)cc1F. The summed E-state index contributed by atoms with van der Waals surface area (Å²) in [6, 6.07) is 13.7. The predicted molar refractivity (Wildman–Crippen MR) is 88.5 cm³/mol. The van der Waals surface area contributed by atoms with E-state index in [0.29, 0.717) is 6.42 Å². The van der Waals surface area contributed by atoms with Gasteiger partial charge in [0.15, 0.2) is 0 Å². The van der Waals surface area contributed by atoms with Crippen molar-refractivity contribution in [1.29, 1.82) is 0 Å². The van der Waals surface area contributed by atoms with Crippen LogP contribution in [0.15, 0.2) is 51.4 Å². The average molecular weight is 401 g/mol. The molecule has 20 heavy (non-hydrogen) atoms. The lowest BCUT2D eigenvalue weighted by Crippen LogP contribution is -2.30. The van der Waals surface area contributed by atoms with Crippen LogP contribution in [0.2, 0.25) is 0 Å². The fraction of sp³-hybridized carbons (Fsp3) is 0.250. The van der Waals surface area contributed by atoms with Gasteiger partial charge in [0.2, 0.25) is 0 Å². The summed E-state index contributed by atoms with van der Waals surface area (Å²) >= 11 is 6.71. The van der Waals surface area contributed by atoms with Crippen LogP contribution in [0, 0.1) is 5.82 Å². The van der Waals surface area contributed by atoms with Crippen molar-refractivity contribution in [3.63, 3.8) is 0 Å². The maximum atomic E-state index is 13.9. The highest BCUT2D eigenvalue weighted by Crippen LogP contribution is 2.18. The van der Waals surface area contributed by atoms with E-state index < -0.39 is 0 Å². The van der Waals surface area contributed by atoms with Crippen molar-refractivity contribution < 1.29 is 4.39 Å². The Labute approximate surface area is 135 Å². The van der Waals surface area contributed by atoms with Crippen LogP contribution >= 0.6 is 31.9 Å². The van der Waals surface area contributed by atoms with Gasteiger partial charge in [-0.1, -0.05) is 50.1 Å². The number of nitrogens with one attached hydrogen (secondary N) is 1. The largest absolute Gasteiger partial charge is 0.316 e. The molecular formula is C16H16Br2FN. The van der Waals surface area contributed by atoms with Crippen LogP contribution < -0.4 is 5.32 Å². The van der Waals surface area contributed by atoms with Crippen molar-refractivity contribution in [2.24, 2.45) is 0 Å². The summed E-state index contributed by atoms with van der Waals surface area (Å²) in [5, 5.41) is 3.27. The van der Waals surface area contributed by atoms with E-state index >= 15 is 0 Å². The molecule has 1 N–H and O–H groups in total. The van der Waals surface area contributed by atoms with Gasteiger partial charge in [0.25, 0.3) is 0 Å². The number of hydrogen-bond donors (Lipinski definition) is 1. The summed E-state index contributed by atoms with van der Waals surface area (Å²) in [5.41, 5.74) is 1.98. The first-order valence-electron chi connectivity index (χ1n) is 6.44. The molecule has 0 heterocycles. The molecule has 0 aliphatic rings. The first kappa shape index (κ1) is 15.7. The molecule has 4 heteroatoms. The van der Waals surface area contributed by atoms with Crippen LogP contribution in [-0.2, 0) is 12.8 Å². The van der Waals surface area contributed by atoms with Crippen molar-refractivity contribution in [2.45, 2.75) is 18.9 Å². The first-order valence-corrected chi connectivity index (χ1v) is 8.02. The van der Waals surface area contributed by atoms with E-state index in [1.165, 1.54) is 11.6 Å². The molecular weight excluding hydrogens is 385 g/mol. The highest BCUT2D eigenvalue weighted by Gasteiger charge is 2.11. The molecule has 0 aliphatic carbocycles. The zero-order chi connectivity index (χ0) is 14.5. The average Bonchev–Trinajstić information content (AvgIpc) is 2.43. The lowest BCUT2D eigenvalue weighted by atomic mass is 9.99. The van der Waals surface area contributed by atoms with E-state index in [1.54, 1.807) is 0 Å². The van der Waals surface area contributed by atoms with Gasteiger partial charge in [-0.15, -0.1) is 0 Å². The minimum atomic E-state index is -0.157. The maximum absolute atomic E-state index is 13.9. The topological polar surface area (TPSA) is 12.0 Å². The number of likely N-dealkylation sites (N-methyl/N-ethyl adjacent to an activating group) is 1. The van der Waals surface area contributed by atoms with Crippen molar-refractivity contribution in [2.75, 3.05) is 7.05 Å². The van der Waals surface area contributed by atoms with Gasteiger partial charge in [-0.2, -0.15) is 0 Å². The van der Waals surface area contributed by atoms with Gasteiger partial charge in [0.05, 0.1) is 0 Å². The molecule has 106 valence electrons. The molecule has 0 saturated heterocycles. The number of rotatable bonds is 5. The summed E-state index contributed by atoms with van der Waals surface area (Å²) in [6.07, 6.45) is 1.55. The molecule has 0 aromatic heterocycles. The fourth-order valence-electron chi connectivity index (χ4n) is 2.13. The molecule has 2 rings (SSSR count). The molecule has 0 aliphatic heterocycles. The summed E-state index contributed by atoms with van der Waals surface area (Å²) in [7, 11) is 1.92. The van der Waals surface area contributed by atoms with E-state index in [1.807, 2.05) is 31.3 Å². The van der Waals surface area contributed by atoms with E-state index in [4.69, 9.17) is 0 Å². The quantitative estimate of drug-likeness (QED) is 0.765. The van der Waals surface area contributed by atoms with Gasteiger partial charge in [-0.25, -0.2) is 4.39 Å². The summed E-state index contributed by atoms with van der Waals surface area (Å²) < 4.78 is 15.7. The van der Waals surface area contributed by atoms with Gasteiger partial charge in [-0.05, 0) is 55.3 Å². The molecule has 0 spiro atoms. The van der Waals surface area contributed by atoms with Gasteiger partial charge in [0, 0.05) is 15.0 Å². The van der Waals surface area contributed by atoms with Gasteiger partial charge >= 0.3 is 0 Å². The minimum absolute atomic E-state index is 0.157. The highest BCUT2D eigenvalue weighted by atomic mass is 79.9. The van der Waals surface area contributed by atoms with Crippen LogP contribution in [0.4, 0.5) is 4.39 Å².